The van der Waals surface area contributed by atoms with Crippen molar-refractivity contribution in [3.05, 3.63) is 63.3 Å². The van der Waals surface area contributed by atoms with E-state index in [0.29, 0.717) is 52.9 Å². The largest absolute Gasteiger partial charge is 0.396 e. The molecule has 0 spiro atoms. The predicted molar refractivity (Wildman–Crippen MR) is 128 cm³/mol. The first-order chi connectivity index (χ1) is 15.6. The summed E-state index contributed by atoms with van der Waals surface area (Å²) in [6.07, 6.45) is 8.37. The van der Waals surface area contributed by atoms with Crippen molar-refractivity contribution < 1.29 is 33.5 Å². The van der Waals surface area contributed by atoms with Crippen molar-refractivity contribution in [2.75, 3.05) is 85.9 Å². The van der Waals surface area contributed by atoms with Gasteiger partial charge in [-0.05, 0) is 0 Å². The van der Waals surface area contributed by atoms with Crippen molar-refractivity contribution in [3.63, 3.8) is 0 Å². The molecule has 0 aliphatic rings. The van der Waals surface area contributed by atoms with Gasteiger partial charge in [-0.1, -0.05) is 30.4 Å². The molecule has 0 saturated heterocycles. The predicted octanol–water partition coefficient (Wildman–Crippen LogP) is 2.98. The first-order valence-corrected chi connectivity index (χ1v) is 10.7. The number of hydrogen-bond donors (Lipinski definition) is 1. The van der Waals surface area contributed by atoms with Crippen LogP contribution in [0.15, 0.2) is 63.3 Å². The summed E-state index contributed by atoms with van der Waals surface area (Å²) >= 11 is 0. The molecule has 0 bridgehead atoms. The van der Waals surface area contributed by atoms with Crippen molar-refractivity contribution in [2.24, 2.45) is 10.8 Å². The van der Waals surface area contributed by atoms with E-state index in [4.69, 9.17) is 28.4 Å². The maximum absolute atomic E-state index is 10.1. The second-order valence-corrected chi connectivity index (χ2v) is 7.67. The summed E-state index contributed by atoms with van der Waals surface area (Å²) in [5, 5.41) is 10.1. The molecule has 184 valence electrons. The van der Waals surface area contributed by atoms with Gasteiger partial charge in [0.25, 0.3) is 0 Å². The highest BCUT2D eigenvalue weighted by molar-refractivity contribution is 4.84. The van der Waals surface area contributed by atoms with Gasteiger partial charge in [0.05, 0.1) is 96.7 Å². The first-order valence-electron chi connectivity index (χ1n) is 10.7. The van der Waals surface area contributed by atoms with Gasteiger partial charge in [0, 0.05) is 0 Å². The minimum atomic E-state index is -0.732. The Bertz CT molecular complexity index is 468. The van der Waals surface area contributed by atoms with E-state index < -0.39 is 10.8 Å². The highest BCUT2D eigenvalue weighted by Crippen LogP contribution is 2.24. The summed E-state index contributed by atoms with van der Waals surface area (Å²) in [6.45, 7) is 22.2. The zero-order valence-corrected chi connectivity index (χ0v) is 19.5. The van der Waals surface area contributed by atoms with E-state index in [9.17, 15) is 5.11 Å². The molecule has 0 aliphatic carbocycles. The standard InChI is InChI=1S/C25H42O7/c1-6-11-27-17-24(16-26,18-28-12-7-2)19-32-23-25(20-29-13-8-3,21-30-14-9-4)22-31-15-10-5/h6-10,26H,1-5,11-23H2. The van der Waals surface area contributed by atoms with Crippen LogP contribution in [0.2, 0.25) is 0 Å². The van der Waals surface area contributed by atoms with E-state index in [1.54, 1.807) is 30.4 Å². The lowest BCUT2D eigenvalue weighted by Gasteiger charge is -2.36. The third-order valence-corrected chi connectivity index (χ3v) is 4.37. The average Bonchev–Trinajstić information content (AvgIpc) is 2.79. The molecule has 1 N–H and O–H groups in total. The number of rotatable bonds is 25. The Morgan fingerprint density at radius 2 is 0.688 bits per heavy atom. The SMILES string of the molecule is C=CCOCC(CO)(COCC=C)COCC(COCC=C)(COCC=C)COCC=C. The highest BCUT2D eigenvalue weighted by Gasteiger charge is 2.36. The van der Waals surface area contributed by atoms with Gasteiger partial charge in [0.1, 0.15) is 0 Å². The van der Waals surface area contributed by atoms with Crippen LogP contribution in [0, 0.1) is 10.8 Å². The van der Waals surface area contributed by atoms with Crippen molar-refractivity contribution in [1.82, 2.24) is 0 Å². The molecular weight excluding hydrogens is 412 g/mol. The smallest absolute Gasteiger partial charge is 0.0645 e. The molecule has 0 aromatic carbocycles. The molecule has 0 aliphatic heterocycles. The van der Waals surface area contributed by atoms with E-state index in [2.05, 4.69) is 32.9 Å². The topological polar surface area (TPSA) is 75.6 Å². The minimum Gasteiger partial charge on any atom is -0.396 e. The van der Waals surface area contributed by atoms with Gasteiger partial charge in [-0.3, -0.25) is 0 Å². The van der Waals surface area contributed by atoms with Crippen molar-refractivity contribution in [1.29, 1.82) is 0 Å². The lowest BCUT2D eigenvalue weighted by atomic mass is 9.90. The monoisotopic (exact) mass is 454 g/mol. The molecule has 0 aromatic rings. The van der Waals surface area contributed by atoms with E-state index in [0.717, 1.165) is 0 Å². The van der Waals surface area contributed by atoms with E-state index >= 15 is 0 Å². The van der Waals surface area contributed by atoms with Gasteiger partial charge in [-0.15, -0.1) is 32.9 Å². The van der Waals surface area contributed by atoms with Crippen LogP contribution < -0.4 is 0 Å². The van der Waals surface area contributed by atoms with Gasteiger partial charge in [0.15, 0.2) is 0 Å². The Morgan fingerprint density at radius 3 is 0.969 bits per heavy atom. The van der Waals surface area contributed by atoms with Gasteiger partial charge < -0.3 is 33.5 Å². The van der Waals surface area contributed by atoms with Gasteiger partial charge >= 0.3 is 0 Å². The Labute approximate surface area is 194 Å². The van der Waals surface area contributed by atoms with Crippen molar-refractivity contribution >= 4 is 0 Å². The van der Waals surface area contributed by atoms with E-state index in [-0.39, 0.29) is 33.0 Å². The molecule has 7 heteroatoms. The first kappa shape index (κ1) is 30.4. The summed E-state index contributed by atoms with van der Waals surface area (Å²) in [5.74, 6) is 0. The number of aliphatic hydroxyl groups excluding tert-OH is 1. The van der Waals surface area contributed by atoms with Crippen LogP contribution in [-0.4, -0.2) is 91.0 Å². The number of aliphatic hydroxyl groups is 1. The molecule has 0 saturated carbocycles. The Balaban J connectivity index is 5.32. The van der Waals surface area contributed by atoms with Crippen LogP contribution in [0.25, 0.3) is 0 Å². The van der Waals surface area contributed by atoms with Crippen molar-refractivity contribution in [2.45, 2.75) is 0 Å². The molecule has 0 heterocycles. The zero-order valence-electron chi connectivity index (χ0n) is 19.5. The molecule has 0 rings (SSSR count). The van der Waals surface area contributed by atoms with Crippen molar-refractivity contribution in [3.8, 4) is 0 Å². The summed E-state index contributed by atoms with van der Waals surface area (Å²) in [6, 6.07) is 0. The molecule has 0 aromatic heterocycles. The number of ether oxygens (including phenoxy) is 6. The second kappa shape index (κ2) is 20.1. The van der Waals surface area contributed by atoms with Crippen LogP contribution in [0.1, 0.15) is 0 Å². The fraction of sp³-hybridized carbons (Fsp3) is 0.600. The van der Waals surface area contributed by atoms with E-state index in [1.165, 1.54) is 0 Å². The fourth-order valence-corrected chi connectivity index (χ4v) is 2.79. The molecule has 0 radical (unpaired) electrons. The maximum atomic E-state index is 10.1. The van der Waals surface area contributed by atoms with Crippen LogP contribution in [0.3, 0.4) is 0 Å². The van der Waals surface area contributed by atoms with Crippen LogP contribution >= 0.6 is 0 Å². The molecular formula is C25H42O7. The summed E-state index contributed by atoms with van der Waals surface area (Å²) in [4.78, 5) is 0. The van der Waals surface area contributed by atoms with Crippen LogP contribution in [-0.2, 0) is 28.4 Å². The zero-order chi connectivity index (χ0) is 24.0. The highest BCUT2D eigenvalue weighted by atomic mass is 16.5. The molecule has 7 nitrogen and oxygen atoms in total. The normalized spacial score (nSPS) is 11.8. The quantitative estimate of drug-likeness (QED) is 0.168. The third kappa shape index (κ3) is 13.8. The summed E-state index contributed by atoms with van der Waals surface area (Å²) < 4.78 is 34.6. The lowest BCUT2D eigenvalue weighted by molar-refractivity contribution is -0.130. The average molecular weight is 455 g/mol. The molecule has 0 fully saturated rings. The molecule has 0 amide bonds. The van der Waals surface area contributed by atoms with E-state index in [1.807, 2.05) is 0 Å². The molecule has 0 unspecified atom stereocenters. The third-order valence-electron chi connectivity index (χ3n) is 4.37. The van der Waals surface area contributed by atoms with Crippen LogP contribution in [0.5, 0.6) is 0 Å². The summed E-state index contributed by atoms with van der Waals surface area (Å²) in [7, 11) is 0. The maximum Gasteiger partial charge on any atom is 0.0645 e. The minimum absolute atomic E-state index is 0.165. The Hall–Kier alpha value is -1.58. The Morgan fingerprint density at radius 1 is 0.438 bits per heavy atom. The second-order valence-electron chi connectivity index (χ2n) is 7.67. The summed E-state index contributed by atoms with van der Waals surface area (Å²) in [5.41, 5.74) is -1.30. The molecule has 32 heavy (non-hydrogen) atoms. The number of hydrogen-bond acceptors (Lipinski definition) is 7. The van der Waals surface area contributed by atoms with Crippen LogP contribution in [0.4, 0.5) is 0 Å². The lowest BCUT2D eigenvalue weighted by Crippen LogP contribution is -2.45. The fourth-order valence-electron chi connectivity index (χ4n) is 2.79. The Kier molecular flexibility index (Phi) is 19.1. The van der Waals surface area contributed by atoms with Gasteiger partial charge in [-0.25, -0.2) is 0 Å². The van der Waals surface area contributed by atoms with Gasteiger partial charge in [0.2, 0.25) is 0 Å². The molecule has 0 atom stereocenters. The van der Waals surface area contributed by atoms with Gasteiger partial charge in [-0.2, -0.15) is 0 Å².